The molecule has 0 saturated heterocycles. The van der Waals surface area contributed by atoms with Crippen LogP contribution in [-0.4, -0.2) is 33.8 Å². The molecule has 0 heterocycles. The van der Waals surface area contributed by atoms with Gasteiger partial charge in [0.25, 0.3) is 0 Å². The Morgan fingerprint density at radius 1 is 1.25 bits per heavy atom. The number of hydrogen-bond donors (Lipinski definition) is 2. The summed E-state index contributed by atoms with van der Waals surface area (Å²) < 4.78 is 0.361. The first-order chi connectivity index (χ1) is 7.35. The van der Waals surface area contributed by atoms with Gasteiger partial charge in [0.2, 0.25) is 0 Å². The molecule has 0 aromatic rings. The van der Waals surface area contributed by atoms with E-state index in [0.717, 1.165) is 6.42 Å². The molecule has 2 N–H and O–H groups in total. The lowest BCUT2D eigenvalue weighted by Gasteiger charge is -2.29. The summed E-state index contributed by atoms with van der Waals surface area (Å²) in [5.74, 6) is 1.19. The molecule has 1 rings (SSSR count). The van der Waals surface area contributed by atoms with Gasteiger partial charge in [0, 0.05) is 16.3 Å². The van der Waals surface area contributed by atoms with E-state index < -0.39 is 0 Å². The Bertz CT molecular complexity index is 210. The van der Waals surface area contributed by atoms with E-state index in [1.54, 1.807) is 0 Å². The molecular formula is C13H27NOS. The molecule has 0 amide bonds. The van der Waals surface area contributed by atoms with E-state index in [1.165, 1.54) is 25.0 Å². The van der Waals surface area contributed by atoms with Crippen LogP contribution in [0.5, 0.6) is 0 Å². The number of aliphatic hydroxyl groups is 1. The fraction of sp³-hybridized carbons (Fsp3) is 1.00. The second kappa shape index (κ2) is 5.74. The first kappa shape index (κ1) is 14.3. The molecule has 3 heteroatoms. The van der Waals surface area contributed by atoms with Crippen molar-refractivity contribution in [3.63, 3.8) is 0 Å². The van der Waals surface area contributed by atoms with Gasteiger partial charge in [0.15, 0.2) is 0 Å². The zero-order chi connectivity index (χ0) is 12.2. The maximum atomic E-state index is 9.45. The van der Waals surface area contributed by atoms with Crippen LogP contribution >= 0.6 is 11.8 Å². The summed E-state index contributed by atoms with van der Waals surface area (Å²) in [6.45, 7) is 9.17. The fourth-order valence-corrected chi connectivity index (χ4v) is 2.66. The number of aliphatic hydroxyl groups excluding tert-OH is 1. The highest BCUT2D eigenvalue weighted by Crippen LogP contribution is 2.27. The van der Waals surface area contributed by atoms with Gasteiger partial charge in [-0.2, -0.15) is 11.8 Å². The van der Waals surface area contributed by atoms with Gasteiger partial charge in [-0.3, -0.25) is 0 Å². The van der Waals surface area contributed by atoms with Crippen LogP contribution in [0.3, 0.4) is 0 Å². The van der Waals surface area contributed by atoms with Crippen molar-refractivity contribution in [2.75, 3.05) is 12.4 Å². The van der Waals surface area contributed by atoms with Gasteiger partial charge in [0.1, 0.15) is 0 Å². The van der Waals surface area contributed by atoms with Gasteiger partial charge >= 0.3 is 0 Å². The largest absolute Gasteiger partial charge is 0.394 e. The third-order valence-corrected chi connectivity index (χ3v) is 4.25. The van der Waals surface area contributed by atoms with Gasteiger partial charge in [-0.15, -0.1) is 0 Å². The van der Waals surface area contributed by atoms with Crippen LogP contribution in [0.4, 0.5) is 0 Å². The lowest BCUT2D eigenvalue weighted by Crippen LogP contribution is -2.47. The third kappa shape index (κ3) is 6.12. The molecule has 1 saturated carbocycles. The van der Waals surface area contributed by atoms with Crippen molar-refractivity contribution in [2.24, 2.45) is 0 Å². The van der Waals surface area contributed by atoms with E-state index in [0.29, 0.717) is 10.8 Å². The number of rotatable bonds is 7. The standard InChI is InChI=1S/C13H27NOS/c1-12(2,3)16-9-5-8-13(4,10-15)14-11-6-7-11/h11,14-15H,5-10H2,1-4H3. The summed E-state index contributed by atoms with van der Waals surface area (Å²) >= 11 is 2.01. The topological polar surface area (TPSA) is 32.3 Å². The summed E-state index contributed by atoms with van der Waals surface area (Å²) in [4.78, 5) is 0. The lowest BCUT2D eigenvalue weighted by atomic mass is 9.97. The smallest absolute Gasteiger partial charge is 0.0610 e. The normalized spacial score (nSPS) is 20.8. The molecule has 1 aliphatic carbocycles. The molecule has 1 fully saturated rings. The first-order valence-electron chi connectivity index (χ1n) is 6.37. The summed E-state index contributed by atoms with van der Waals surface area (Å²) in [6, 6.07) is 0.674. The summed E-state index contributed by atoms with van der Waals surface area (Å²) in [7, 11) is 0. The van der Waals surface area contributed by atoms with Crippen molar-refractivity contribution in [1.29, 1.82) is 0 Å². The maximum Gasteiger partial charge on any atom is 0.0610 e. The fourth-order valence-electron chi connectivity index (χ4n) is 1.76. The van der Waals surface area contributed by atoms with E-state index in [1.807, 2.05) is 11.8 Å². The van der Waals surface area contributed by atoms with Crippen molar-refractivity contribution in [3.8, 4) is 0 Å². The van der Waals surface area contributed by atoms with Crippen molar-refractivity contribution < 1.29 is 5.11 Å². The van der Waals surface area contributed by atoms with Crippen molar-refractivity contribution in [2.45, 2.75) is 69.7 Å². The summed E-state index contributed by atoms with van der Waals surface area (Å²) in [5, 5.41) is 13.0. The van der Waals surface area contributed by atoms with E-state index in [4.69, 9.17) is 0 Å². The van der Waals surface area contributed by atoms with Crippen LogP contribution in [0.15, 0.2) is 0 Å². The quantitative estimate of drug-likeness (QED) is 0.677. The number of hydrogen-bond acceptors (Lipinski definition) is 3. The van der Waals surface area contributed by atoms with Crippen LogP contribution in [0.2, 0.25) is 0 Å². The van der Waals surface area contributed by atoms with Gasteiger partial charge in [-0.1, -0.05) is 20.8 Å². The number of nitrogens with one attached hydrogen (secondary N) is 1. The average Bonchev–Trinajstić information content (AvgIpc) is 2.95. The highest BCUT2D eigenvalue weighted by Gasteiger charge is 2.31. The maximum absolute atomic E-state index is 9.45. The minimum Gasteiger partial charge on any atom is -0.394 e. The van der Waals surface area contributed by atoms with E-state index in [2.05, 4.69) is 33.0 Å². The van der Waals surface area contributed by atoms with Crippen LogP contribution in [0.1, 0.15) is 53.4 Å². The zero-order valence-electron chi connectivity index (χ0n) is 11.2. The second-order valence-electron chi connectivity index (χ2n) is 6.20. The monoisotopic (exact) mass is 245 g/mol. The van der Waals surface area contributed by atoms with Crippen molar-refractivity contribution in [1.82, 2.24) is 5.32 Å². The molecule has 0 spiro atoms. The molecule has 2 nitrogen and oxygen atoms in total. The Hall–Kier alpha value is 0.270. The molecule has 1 atom stereocenters. The average molecular weight is 245 g/mol. The molecule has 96 valence electrons. The van der Waals surface area contributed by atoms with Crippen molar-refractivity contribution >= 4 is 11.8 Å². The minimum absolute atomic E-state index is 0.0559. The van der Waals surface area contributed by atoms with Crippen LogP contribution < -0.4 is 5.32 Å². The second-order valence-corrected chi connectivity index (χ2v) is 8.12. The highest BCUT2D eigenvalue weighted by atomic mass is 32.2. The first-order valence-corrected chi connectivity index (χ1v) is 7.36. The summed E-state index contributed by atoms with van der Waals surface area (Å²) in [5.41, 5.74) is -0.0559. The molecular weight excluding hydrogens is 218 g/mol. The molecule has 0 aliphatic heterocycles. The minimum atomic E-state index is -0.0559. The Balaban J connectivity index is 2.17. The molecule has 16 heavy (non-hydrogen) atoms. The van der Waals surface area contributed by atoms with Gasteiger partial charge in [-0.25, -0.2) is 0 Å². The molecule has 0 aromatic carbocycles. The van der Waals surface area contributed by atoms with Crippen molar-refractivity contribution in [3.05, 3.63) is 0 Å². The van der Waals surface area contributed by atoms with E-state index >= 15 is 0 Å². The zero-order valence-corrected chi connectivity index (χ0v) is 12.0. The van der Waals surface area contributed by atoms with E-state index in [9.17, 15) is 5.11 Å². The van der Waals surface area contributed by atoms with Crippen LogP contribution in [0.25, 0.3) is 0 Å². The Morgan fingerprint density at radius 2 is 1.88 bits per heavy atom. The van der Waals surface area contributed by atoms with E-state index in [-0.39, 0.29) is 12.1 Å². The summed E-state index contributed by atoms with van der Waals surface area (Å²) in [6.07, 6.45) is 4.82. The molecule has 1 unspecified atom stereocenters. The Morgan fingerprint density at radius 3 is 2.31 bits per heavy atom. The molecule has 0 bridgehead atoms. The molecule has 1 aliphatic rings. The van der Waals surface area contributed by atoms with Crippen LogP contribution in [0, 0.1) is 0 Å². The Kier molecular flexibility index (Phi) is 5.14. The Labute approximate surface area is 105 Å². The SMILES string of the molecule is CC(CO)(CCCSC(C)(C)C)NC1CC1. The van der Waals surface area contributed by atoms with Gasteiger partial charge in [-0.05, 0) is 38.4 Å². The highest BCUT2D eigenvalue weighted by molar-refractivity contribution is 8.00. The predicted octanol–water partition coefficient (Wildman–Crippen LogP) is 2.80. The third-order valence-electron chi connectivity index (χ3n) is 2.89. The lowest BCUT2D eigenvalue weighted by molar-refractivity contribution is 0.163. The van der Waals surface area contributed by atoms with Crippen LogP contribution in [-0.2, 0) is 0 Å². The molecule has 0 aromatic heterocycles. The van der Waals surface area contributed by atoms with Gasteiger partial charge < -0.3 is 10.4 Å². The number of thioether (sulfide) groups is 1. The predicted molar refractivity (Wildman–Crippen MR) is 73.1 cm³/mol. The molecule has 0 radical (unpaired) electrons. The van der Waals surface area contributed by atoms with Gasteiger partial charge in [0.05, 0.1) is 6.61 Å².